The Hall–Kier alpha value is -1.65. The molecule has 0 saturated carbocycles. The summed E-state index contributed by atoms with van der Waals surface area (Å²) in [6.07, 6.45) is 0. The molecule has 1 N–H and O–H groups in total. The number of amides is 1. The summed E-state index contributed by atoms with van der Waals surface area (Å²) < 4.78 is 1.90. The van der Waals surface area contributed by atoms with E-state index in [1.807, 2.05) is 48.5 Å². The molecule has 0 radical (unpaired) electrons. The molecule has 0 aliphatic carbocycles. The van der Waals surface area contributed by atoms with Crippen molar-refractivity contribution in [1.29, 1.82) is 0 Å². The Balaban J connectivity index is 1.99. The van der Waals surface area contributed by atoms with Crippen LogP contribution in [0.3, 0.4) is 0 Å². The molecule has 0 aliphatic rings. The maximum Gasteiger partial charge on any atom is 0.255 e. The summed E-state index contributed by atoms with van der Waals surface area (Å²) in [5, 5.41) is 5.06. The molecule has 3 rings (SSSR count). The Morgan fingerprint density at radius 3 is 2.38 bits per heavy atom. The van der Waals surface area contributed by atoms with Gasteiger partial charge in [-0.3, -0.25) is 4.79 Å². The van der Waals surface area contributed by atoms with Gasteiger partial charge >= 0.3 is 0 Å². The molecule has 0 aliphatic heterocycles. The highest BCUT2D eigenvalue weighted by molar-refractivity contribution is 9.11. The predicted molar refractivity (Wildman–Crippen MR) is 93.7 cm³/mol. The van der Waals surface area contributed by atoms with E-state index >= 15 is 0 Å². The number of hydrogen-bond donors (Lipinski definition) is 1. The molecule has 4 heteroatoms. The average Bonchev–Trinajstić information content (AvgIpc) is 2.50. The van der Waals surface area contributed by atoms with E-state index in [9.17, 15) is 4.79 Å². The number of carbonyl (C=O) groups excluding carboxylic acids is 1. The second-order valence-electron chi connectivity index (χ2n) is 4.61. The number of carbonyl (C=O) groups is 1. The zero-order valence-electron chi connectivity index (χ0n) is 10.9. The van der Waals surface area contributed by atoms with E-state index in [1.165, 1.54) is 0 Å². The van der Waals surface area contributed by atoms with E-state index in [4.69, 9.17) is 0 Å². The van der Waals surface area contributed by atoms with Crippen LogP contribution in [0.25, 0.3) is 10.8 Å². The van der Waals surface area contributed by atoms with Crippen LogP contribution >= 0.6 is 31.9 Å². The van der Waals surface area contributed by atoms with Crippen LogP contribution in [0, 0.1) is 0 Å². The number of rotatable bonds is 2. The Morgan fingerprint density at radius 2 is 1.62 bits per heavy atom. The van der Waals surface area contributed by atoms with Gasteiger partial charge in [-0.1, -0.05) is 62.2 Å². The van der Waals surface area contributed by atoms with Crippen LogP contribution < -0.4 is 5.32 Å². The van der Waals surface area contributed by atoms with Crippen molar-refractivity contribution in [2.75, 3.05) is 5.32 Å². The summed E-state index contributed by atoms with van der Waals surface area (Å²) in [7, 11) is 0. The van der Waals surface area contributed by atoms with Crippen LogP contribution in [0.2, 0.25) is 0 Å². The summed E-state index contributed by atoms with van der Waals surface area (Å²) >= 11 is 6.91. The van der Waals surface area contributed by atoms with Crippen LogP contribution in [-0.4, -0.2) is 5.91 Å². The quantitative estimate of drug-likeness (QED) is 0.590. The van der Waals surface area contributed by atoms with Crippen molar-refractivity contribution in [2.24, 2.45) is 0 Å². The second kappa shape index (κ2) is 6.00. The Kier molecular flexibility index (Phi) is 4.08. The van der Waals surface area contributed by atoms with Crippen molar-refractivity contribution in [2.45, 2.75) is 0 Å². The fourth-order valence-corrected chi connectivity index (χ4v) is 3.07. The van der Waals surface area contributed by atoms with Gasteiger partial charge in [0.25, 0.3) is 5.91 Å². The van der Waals surface area contributed by atoms with Gasteiger partial charge in [0.15, 0.2) is 0 Å². The van der Waals surface area contributed by atoms with E-state index in [0.29, 0.717) is 5.56 Å². The highest BCUT2D eigenvalue weighted by Gasteiger charge is 2.09. The van der Waals surface area contributed by atoms with Crippen molar-refractivity contribution in [3.8, 4) is 0 Å². The van der Waals surface area contributed by atoms with Crippen molar-refractivity contribution < 1.29 is 4.79 Å². The molecule has 0 unspecified atom stereocenters. The lowest BCUT2D eigenvalue weighted by atomic mass is 10.1. The molecule has 1 amide bonds. The monoisotopic (exact) mass is 403 g/mol. The van der Waals surface area contributed by atoms with Gasteiger partial charge in [-0.05, 0) is 35.7 Å². The lowest BCUT2D eigenvalue weighted by Gasteiger charge is -2.10. The highest BCUT2D eigenvalue weighted by atomic mass is 79.9. The van der Waals surface area contributed by atoms with Crippen LogP contribution in [0.4, 0.5) is 5.69 Å². The van der Waals surface area contributed by atoms with Gasteiger partial charge in [-0.15, -0.1) is 0 Å². The molecule has 0 fully saturated rings. The van der Waals surface area contributed by atoms with Gasteiger partial charge < -0.3 is 5.32 Å². The zero-order chi connectivity index (χ0) is 14.8. The zero-order valence-corrected chi connectivity index (χ0v) is 14.1. The largest absolute Gasteiger partial charge is 0.321 e. The molecule has 21 heavy (non-hydrogen) atoms. The predicted octanol–water partition coefficient (Wildman–Crippen LogP) is 5.62. The maximum absolute atomic E-state index is 12.4. The molecule has 2 nitrogen and oxygen atoms in total. The Labute approximate surface area is 139 Å². The Bertz CT molecular complexity index is 830. The standard InChI is InChI=1S/C17H11Br2NO/c18-12-5-3-4-11(10-12)17(21)20-16-9-8-15(19)13-6-1-2-7-14(13)16/h1-10H,(H,20,21). The van der Waals surface area contributed by atoms with Gasteiger partial charge in [-0.25, -0.2) is 0 Å². The maximum atomic E-state index is 12.4. The summed E-state index contributed by atoms with van der Waals surface area (Å²) in [6.45, 7) is 0. The third-order valence-electron chi connectivity index (χ3n) is 3.21. The first-order chi connectivity index (χ1) is 10.1. The van der Waals surface area contributed by atoms with Gasteiger partial charge in [-0.2, -0.15) is 0 Å². The molecular weight excluding hydrogens is 394 g/mol. The lowest BCUT2D eigenvalue weighted by Crippen LogP contribution is -2.12. The number of benzene rings is 3. The minimum absolute atomic E-state index is 0.122. The molecule has 0 heterocycles. The molecule has 0 aromatic heterocycles. The topological polar surface area (TPSA) is 29.1 Å². The van der Waals surface area contributed by atoms with Crippen LogP contribution in [0.5, 0.6) is 0 Å². The van der Waals surface area contributed by atoms with Gasteiger partial charge in [0.1, 0.15) is 0 Å². The van der Waals surface area contributed by atoms with Gasteiger partial charge in [0, 0.05) is 25.6 Å². The number of fused-ring (bicyclic) bond motifs is 1. The second-order valence-corrected chi connectivity index (χ2v) is 6.38. The number of hydrogen-bond acceptors (Lipinski definition) is 1. The molecule has 104 valence electrons. The first-order valence-corrected chi connectivity index (χ1v) is 7.98. The average molecular weight is 405 g/mol. The summed E-state index contributed by atoms with van der Waals surface area (Å²) in [5.41, 5.74) is 1.43. The highest BCUT2D eigenvalue weighted by Crippen LogP contribution is 2.30. The third-order valence-corrected chi connectivity index (χ3v) is 4.39. The van der Waals surface area contributed by atoms with E-state index in [0.717, 1.165) is 25.4 Å². The number of nitrogens with one attached hydrogen (secondary N) is 1. The lowest BCUT2D eigenvalue weighted by molar-refractivity contribution is 0.102. The third kappa shape index (κ3) is 3.01. The van der Waals surface area contributed by atoms with Crippen molar-refractivity contribution >= 4 is 54.2 Å². The smallest absolute Gasteiger partial charge is 0.255 e. The van der Waals surface area contributed by atoms with Crippen LogP contribution in [-0.2, 0) is 0 Å². The minimum Gasteiger partial charge on any atom is -0.321 e. The van der Waals surface area contributed by atoms with Gasteiger partial charge in [0.05, 0.1) is 0 Å². The minimum atomic E-state index is -0.122. The van der Waals surface area contributed by atoms with Gasteiger partial charge in [0.2, 0.25) is 0 Å². The van der Waals surface area contributed by atoms with Crippen molar-refractivity contribution in [3.05, 3.63) is 75.2 Å². The molecule has 0 bridgehead atoms. The van der Waals surface area contributed by atoms with Crippen molar-refractivity contribution in [1.82, 2.24) is 0 Å². The van der Waals surface area contributed by atoms with E-state index in [2.05, 4.69) is 37.2 Å². The molecule has 3 aromatic carbocycles. The van der Waals surface area contributed by atoms with Crippen LogP contribution in [0.1, 0.15) is 10.4 Å². The number of halogens is 2. The molecule has 0 spiro atoms. The van der Waals surface area contributed by atoms with E-state index in [1.54, 1.807) is 12.1 Å². The Morgan fingerprint density at radius 1 is 0.857 bits per heavy atom. The first kappa shape index (κ1) is 14.3. The first-order valence-electron chi connectivity index (χ1n) is 6.39. The SMILES string of the molecule is O=C(Nc1ccc(Br)c2ccccc12)c1cccc(Br)c1. The molecule has 3 aromatic rings. The molecule has 0 saturated heterocycles. The number of anilines is 1. The summed E-state index contributed by atoms with van der Waals surface area (Å²) in [4.78, 5) is 12.4. The summed E-state index contributed by atoms with van der Waals surface area (Å²) in [5.74, 6) is -0.122. The fourth-order valence-electron chi connectivity index (χ4n) is 2.20. The fraction of sp³-hybridized carbons (Fsp3) is 0. The molecular formula is C17H11Br2NO. The van der Waals surface area contributed by atoms with Crippen LogP contribution in [0.15, 0.2) is 69.6 Å². The summed E-state index contributed by atoms with van der Waals surface area (Å²) in [6, 6.07) is 19.1. The normalized spacial score (nSPS) is 10.6. The van der Waals surface area contributed by atoms with Crippen molar-refractivity contribution in [3.63, 3.8) is 0 Å². The van der Waals surface area contributed by atoms with E-state index < -0.39 is 0 Å². The molecule has 0 atom stereocenters. The van der Waals surface area contributed by atoms with E-state index in [-0.39, 0.29) is 5.91 Å².